The maximum Gasteiger partial charge on any atom is 0.137 e. The Kier molecular flexibility index (Phi) is 1.81. The van der Waals surface area contributed by atoms with Gasteiger partial charge in [0, 0.05) is 0 Å². The third-order valence-electron chi connectivity index (χ3n) is 1.35. The molecule has 0 aliphatic rings. The Bertz CT molecular complexity index is 404. The van der Waals surface area contributed by atoms with Crippen molar-refractivity contribution in [2.75, 3.05) is 5.73 Å². The van der Waals surface area contributed by atoms with Gasteiger partial charge in [-0.2, -0.15) is 0 Å². The number of nitrogen functional groups attached to an aromatic ring is 1. The zero-order valence-corrected chi connectivity index (χ0v) is 9.51. The van der Waals surface area contributed by atoms with Crippen molar-refractivity contribution >= 4 is 60.5 Å². The van der Waals surface area contributed by atoms with E-state index < -0.39 is 0 Å². The molecule has 0 fully saturated rings. The molecular weight excluding hydrogens is 291 g/mol. The van der Waals surface area contributed by atoms with E-state index in [2.05, 4.69) is 27.6 Å². The van der Waals surface area contributed by atoms with E-state index in [1.165, 1.54) is 0 Å². The zero-order chi connectivity index (χ0) is 8.01. The minimum absolute atomic E-state index is 0.899. The third kappa shape index (κ3) is 1.15. The lowest BCUT2D eigenvalue weighted by Crippen LogP contribution is -1.80. The highest BCUT2D eigenvalue weighted by Crippen LogP contribution is 2.37. The number of halogens is 1. The normalized spacial score (nSPS) is 11.1. The van der Waals surface area contributed by atoms with Gasteiger partial charge in [0.05, 0.1) is 18.3 Å². The Morgan fingerprint density at radius 3 is 2.82 bits per heavy atom. The van der Waals surface area contributed by atoms with Crippen LogP contribution in [0.25, 0.3) is 9.53 Å². The minimum Gasteiger partial charge on any atom is -0.396 e. The molecule has 2 N–H and O–H groups in total. The van der Waals surface area contributed by atoms with Gasteiger partial charge in [0.1, 0.15) is 4.83 Å². The summed E-state index contributed by atoms with van der Waals surface area (Å²) >= 11 is 5.58. The maximum atomic E-state index is 5.82. The average molecular weight is 296 g/mol. The van der Waals surface area contributed by atoms with Crippen LogP contribution in [-0.2, 0) is 0 Å². The standard InChI is InChI=1S/C6H5IN2S2/c1-2-9-6-4(10-2)3(8)5(7)11-6/h8H2,1H3. The monoisotopic (exact) mass is 296 g/mol. The van der Waals surface area contributed by atoms with E-state index in [-0.39, 0.29) is 0 Å². The second kappa shape index (κ2) is 2.56. The van der Waals surface area contributed by atoms with E-state index in [0.717, 1.165) is 23.1 Å². The van der Waals surface area contributed by atoms with Crippen LogP contribution in [0.15, 0.2) is 0 Å². The number of anilines is 1. The van der Waals surface area contributed by atoms with Crippen molar-refractivity contribution in [3.8, 4) is 0 Å². The fourth-order valence-electron chi connectivity index (χ4n) is 0.876. The summed E-state index contributed by atoms with van der Waals surface area (Å²) in [5.41, 5.74) is 6.72. The highest BCUT2D eigenvalue weighted by Gasteiger charge is 2.10. The summed E-state index contributed by atoms with van der Waals surface area (Å²) in [5.74, 6) is 0. The molecule has 11 heavy (non-hydrogen) atoms. The number of nitrogens with two attached hydrogens (primary N) is 1. The Balaban J connectivity index is 2.88. The molecule has 0 amide bonds. The highest BCUT2D eigenvalue weighted by atomic mass is 127. The summed E-state index contributed by atoms with van der Waals surface area (Å²) in [6.45, 7) is 2.00. The molecule has 0 saturated carbocycles. The number of thiazole rings is 1. The first-order chi connectivity index (χ1) is 5.18. The lowest BCUT2D eigenvalue weighted by atomic mass is 10.5. The Morgan fingerprint density at radius 2 is 2.18 bits per heavy atom. The van der Waals surface area contributed by atoms with Crippen LogP contribution in [0.4, 0.5) is 5.69 Å². The summed E-state index contributed by atoms with van der Waals surface area (Å²) < 4.78 is 2.30. The summed E-state index contributed by atoms with van der Waals surface area (Å²) in [4.78, 5) is 5.43. The van der Waals surface area contributed by atoms with Gasteiger partial charge in [-0.1, -0.05) is 0 Å². The van der Waals surface area contributed by atoms with Crippen molar-refractivity contribution in [2.24, 2.45) is 0 Å². The van der Waals surface area contributed by atoms with Crippen molar-refractivity contribution in [2.45, 2.75) is 6.92 Å². The van der Waals surface area contributed by atoms with E-state index in [1.807, 2.05) is 6.92 Å². The molecule has 0 aliphatic carbocycles. The topological polar surface area (TPSA) is 38.9 Å². The van der Waals surface area contributed by atoms with E-state index >= 15 is 0 Å². The highest BCUT2D eigenvalue weighted by molar-refractivity contribution is 14.1. The molecule has 2 aromatic rings. The molecule has 0 saturated heterocycles. The number of aryl methyl sites for hydroxylation is 1. The molecule has 2 aromatic heterocycles. The Labute approximate surface area is 85.6 Å². The van der Waals surface area contributed by atoms with Gasteiger partial charge in [-0.15, -0.1) is 22.7 Å². The lowest BCUT2D eigenvalue weighted by Gasteiger charge is -1.83. The van der Waals surface area contributed by atoms with Gasteiger partial charge in [-0.05, 0) is 29.5 Å². The molecule has 58 valence electrons. The molecule has 2 heterocycles. The van der Waals surface area contributed by atoms with Crippen molar-refractivity contribution in [1.29, 1.82) is 0 Å². The molecule has 0 spiro atoms. The van der Waals surface area contributed by atoms with Crippen LogP contribution in [0, 0.1) is 9.81 Å². The second-order valence-corrected chi connectivity index (χ2v) is 6.17. The van der Waals surface area contributed by atoms with Crippen LogP contribution in [0.1, 0.15) is 5.01 Å². The van der Waals surface area contributed by atoms with E-state index in [0.29, 0.717) is 0 Å². The van der Waals surface area contributed by atoms with Crippen molar-refractivity contribution in [3.63, 3.8) is 0 Å². The molecule has 5 heteroatoms. The molecule has 0 aliphatic heterocycles. The first-order valence-corrected chi connectivity index (χ1v) is 5.70. The molecular formula is C6H5IN2S2. The van der Waals surface area contributed by atoms with Crippen molar-refractivity contribution in [1.82, 2.24) is 4.98 Å². The number of aromatic nitrogens is 1. The predicted molar refractivity (Wildman–Crippen MR) is 59.4 cm³/mol. The van der Waals surface area contributed by atoms with E-state index in [4.69, 9.17) is 5.73 Å². The van der Waals surface area contributed by atoms with Crippen LogP contribution in [0.3, 0.4) is 0 Å². The first-order valence-electron chi connectivity index (χ1n) is 2.99. The third-order valence-corrected chi connectivity index (χ3v) is 4.61. The summed E-state index contributed by atoms with van der Waals surface area (Å²) in [6.07, 6.45) is 0. The van der Waals surface area contributed by atoms with Crippen LogP contribution < -0.4 is 5.73 Å². The fourth-order valence-corrected chi connectivity index (χ4v) is 3.87. The number of rotatable bonds is 0. The molecule has 2 rings (SSSR count). The smallest absolute Gasteiger partial charge is 0.137 e. The molecule has 0 radical (unpaired) electrons. The summed E-state index contributed by atoms with van der Waals surface area (Å²) in [5, 5.41) is 1.09. The zero-order valence-electron chi connectivity index (χ0n) is 5.72. The van der Waals surface area contributed by atoms with Gasteiger partial charge in [-0.25, -0.2) is 4.98 Å². The van der Waals surface area contributed by atoms with Crippen molar-refractivity contribution < 1.29 is 0 Å². The van der Waals surface area contributed by atoms with E-state index in [9.17, 15) is 0 Å². The molecule has 0 aromatic carbocycles. The van der Waals surface area contributed by atoms with Gasteiger partial charge in [0.2, 0.25) is 0 Å². The predicted octanol–water partition coefficient (Wildman–Crippen LogP) is 2.85. The molecule has 0 bridgehead atoms. The Morgan fingerprint density at radius 1 is 1.45 bits per heavy atom. The summed E-state index contributed by atoms with van der Waals surface area (Å²) in [7, 11) is 0. The average Bonchev–Trinajstić information content (AvgIpc) is 2.37. The lowest BCUT2D eigenvalue weighted by molar-refractivity contribution is 1.36. The largest absolute Gasteiger partial charge is 0.396 e. The van der Waals surface area contributed by atoms with E-state index in [1.54, 1.807) is 22.7 Å². The van der Waals surface area contributed by atoms with Gasteiger partial charge >= 0.3 is 0 Å². The molecule has 2 nitrogen and oxygen atoms in total. The van der Waals surface area contributed by atoms with Crippen LogP contribution in [0.2, 0.25) is 0 Å². The number of hydrogen-bond donors (Lipinski definition) is 1. The summed E-state index contributed by atoms with van der Waals surface area (Å²) in [6, 6.07) is 0. The SMILES string of the molecule is Cc1nc2sc(I)c(N)c2s1. The fraction of sp³-hybridized carbons (Fsp3) is 0.167. The number of nitrogens with zero attached hydrogens (tertiary/aromatic N) is 1. The first kappa shape index (κ1) is 7.75. The van der Waals surface area contributed by atoms with Gasteiger partial charge in [0.15, 0.2) is 0 Å². The Hall–Kier alpha value is 0.120. The minimum atomic E-state index is 0.899. The van der Waals surface area contributed by atoms with Crippen molar-refractivity contribution in [3.05, 3.63) is 7.89 Å². The van der Waals surface area contributed by atoms with Crippen LogP contribution in [-0.4, -0.2) is 4.98 Å². The number of hydrogen-bond acceptors (Lipinski definition) is 4. The van der Waals surface area contributed by atoms with Crippen LogP contribution >= 0.6 is 45.3 Å². The second-order valence-electron chi connectivity index (χ2n) is 2.16. The quantitative estimate of drug-likeness (QED) is 0.759. The molecule has 0 unspecified atom stereocenters. The van der Waals surface area contributed by atoms with Gasteiger partial charge in [-0.3, -0.25) is 0 Å². The van der Waals surface area contributed by atoms with Gasteiger partial charge in [0.25, 0.3) is 0 Å². The number of fused-ring (bicyclic) bond motifs is 1. The number of thiophene rings is 1. The van der Waals surface area contributed by atoms with Crippen LogP contribution in [0.5, 0.6) is 0 Å². The molecule has 0 atom stereocenters. The maximum absolute atomic E-state index is 5.82. The van der Waals surface area contributed by atoms with Gasteiger partial charge < -0.3 is 5.73 Å².